The molecule has 2 atom stereocenters. The van der Waals surface area contributed by atoms with E-state index in [-0.39, 0.29) is 24.7 Å². The smallest absolute Gasteiger partial charge is 0.352 e. The summed E-state index contributed by atoms with van der Waals surface area (Å²) in [5.41, 5.74) is 0.0365. The van der Waals surface area contributed by atoms with Gasteiger partial charge in [0.05, 0.1) is 22.5 Å². The van der Waals surface area contributed by atoms with Crippen LogP contribution in [-0.2, 0) is 32.3 Å². The molecule has 210 valence electrons. The van der Waals surface area contributed by atoms with Crippen molar-refractivity contribution in [3.8, 4) is 0 Å². The quantitative estimate of drug-likeness (QED) is 0.401. The minimum atomic E-state index is -4.83. The van der Waals surface area contributed by atoms with Gasteiger partial charge in [-0.3, -0.25) is 13.9 Å². The third-order valence-corrected chi connectivity index (χ3v) is 7.52. The van der Waals surface area contributed by atoms with E-state index in [1.807, 2.05) is 32.9 Å². The molecule has 38 heavy (non-hydrogen) atoms. The molecule has 0 saturated heterocycles. The number of carbonyl (C=O) groups excluding carboxylic acids is 2. The zero-order chi connectivity index (χ0) is 28.8. The minimum Gasteiger partial charge on any atom is -0.352 e. The van der Waals surface area contributed by atoms with E-state index in [0.29, 0.717) is 22.4 Å². The number of alkyl halides is 3. The van der Waals surface area contributed by atoms with Gasteiger partial charge in [0.1, 0.15) is 12.6 Å². The number of nitrogens with zero attached hydrogens (tertiary/aromatic N) is 2. The zero-order valence-corrected chi connectivity index (χ0v) is 23.5. The lowest BCUT2D eigenvalue weighted by molar-refractivity contribution is -0.140. The van der Waals surface area contributed by atoms with Crippen LogP contribution in [0.2, 0.25) is 5.02 Å². The van der Waals surface area contributed by atoms with Crippen molar-refractivity contribution in [3.05, 3.63) is 64.2 Å². The fourth-order valence-corrected chi connectivity index (χ4v) is 4.93. The average molecular weight is 576 g/mol. The highest BCUT2D eigenvalue weighted by atomic mass is 35.5. The van der Waals surface area contributed by atoms with Crippen molar-refractivity contribution in [3.63, 3.8) is 0 Å². The van der Waals surface area contributed by atoms with E-state index in [9.17, 15) is 31.2 Å². The Hall–Kier alpha value is -2.79. The van der Waals surface area contributed by atoms with Crippen LogP contribution >= 0.6 is 11.6 Å². The van der Waals surface area contributed by atoms with Crippen LogP contribution in [0.1, 0.15) is 50.3 Å². The number of benzene rings is 2. The van der Waals surface area contributed by atoms with Gasteiger partial charge in [-0.25, -0.2) is 8.42 Å². The van der Waals surface area contributed by atoms with Crippen LogP contribution in [0.25, 0.3) is 0 Å². The van der Waals surface area contributed by atoms with Gasteiger partial charge in [-0.1, -0.05) is 55.3 Å². The SMILES string of the molecule is CC[C@@H](C)NC(=O)[C@H](CC)N(Cc1cccc(C)c1)C(=O)CN(c1ccc(Cl)c(C(F)(F)F)c1)S(C)(=O)=O. The van der Waals surface area contributed by atoms with E-state index < -0.39 is 51.2 Å². The van der Waals surface area contributed by atoms with Gasteiger partial charge in [0, 0.05) is 12.6 Å². The Morgan fingerprint density at radius 2 is 1.74 bits per heavy atom. The number of aryl methyl sites for hydroxylation is 1. The predicted octanol–water partition coefficient (Wildman–Crippen LogP) is 5.16. The van der Waals surface area contributed by atoms with Crippen molar-refractivity contribution in [2.75, 3.05) is 17.1 Å². The van der Waals surface area contributed by atoms with Crippen molar-refractivity contribution >= 4 is 39.1 Å². The topological polar surface area (TPSA) is 86.8 Å². The second kappa shape index (κ2) is 12.8. The summed E-state index contributed by atoms with van der Waals surface area (Å²) in [7, 11) is -4.20. The first-order chi connectivity index (χ1) is 17.6. The number of carbonyl (C=O) groups is 2. The molecule has 0 aliphatic carbocycles. The molecule has 1 N–H and O–H groups in total. The molecule has 2 rings (SSSR count). The lowest BCUT2D eigenvalue weighted by atomic mass is 10.1. The lowest BCUT2D eigenvalue weighted by Crippen LogP contribution is -2.53. The van der Waals surface area contributed by atoms with E-state index in [4.69, 9.17) is 11.6 Å². The van der Waals surface area contributed by atoms with Gasteiger partial charge in [0.25, 0.3) is 0 Å². The molecule has 2 aromatic carbocycles. The van der Waals surface area contributed by atoms with E-state index in [1.54, 1.807) is 19.1 Å². The summed E-state index contributed by atoms with van der Waals surface area (Å²) >= 11 is 5.70. The van der Waals surface area contributed by atoms with Crippen LogP contribution < -0.4 is 9.62 Å². The number of halogens is 4. The Labute approximate surface area is 227 Å². The minimum absolute atomic E-state index is 0.00103. The number of amides is 2. The summed E-state index contributed by atoms with van der Waals surface area (Å²) in [5, 5.41) is 2.25. The van der Waals surface area contributed by atoms with Gasteiger partial charge in [0.15, 0.2) is 0 Å². The van der Waals surface area contributed by atoms with E-state index in [1.165, 1.54) is 4.90 Å². The highest BCUT2D eigenvalue weighted by molar-refractivity contribution is 7.92. The van der Waals surface area contributed by atoms with Crippen LogP contribution in [0.15, 0.2) is 42.5 Å². The Morgan fingerprint density at radius 3 is 2.26 bits per heavy atom. The third kappa shape index (κ3) is 8.36. The molecule has 12 heteroatoms. The molecule has 0 radical (unpaired) electrons. The van der Waals surface area contributed by atoms with Gasteiger partial charge in [-0.2, -0.15) is 13.2 Å². The summed E-state index contributed by atoms with van der Waals surface area (Å²) in [6, 6.07) is 8.80. The molecule has 2 aromatic rings. The van der Waals surface area contributed by atoms with Gasteiger partial charge in [-0.05, 0) is 50.5 Å². The van der Waals surface area contributed by atoms with Gasteiger partial charge in [-0.15, -0.1) is 0 Å². The highest BCUT2D eigenvalue weighted by Gasteiger charge is 2.36. The number of hydrogen-bond donors (Lipinski definition) is 1. The summed E-state index contributed by atoms with van der Waals surface area (Å²) in [6.45, 7) is 6.50. The first kappa shape index (κ1) is 31.4. The first-order valence-corrected chi connectivity index (χ1v) is 14.3. The molecular formula is C26H33ClF3N3O4S. The van der Waals surface area contributed by atoms with Crippen molar-refractivity contribution in [1.29, 1.82) is 0 Å². The van der Waals surface area contributed by atoms with Crippen LogP contribution in [-0.4, -0.2) is 50.0 Å². The summed E-state index contributed by atoms with van der Waals surface area (Å²) in [6.07, 6.45) is -3.15. The number of sulfonamides is 1. The number of anilines is 1. The maximum Gasteiger partial charge on any atom is 0.417 e. The van der Waals surface area contributed by atoms with Gasteiger partial charge in [0.2, 0.25) is 21.8 Å². The molecule has 0 saturated carbocycles. The van der Waals surface area contributed by atoms with Crippen LogP contribution in [0.4, 0.5) is 18.9 Å². The lowest BCUT2D eigenvalue weighted by Gasteiger charge is -2.33. The maximum atomic E-state index is 13.7. The maximum absolute atomic E-state index is 13.7. The van der Waals surface area contributed by atoms with Crippen molar-refractivity contribution in [2.45, 2.75) is 65.3 Å². The molecule has 0 fully saturated rings. The van der Waals surface area contributed by atoms with Crippen LogP contribution in [0.3, 0.4) is 0 Å². The summed E-state index contributed by atoms with van der Waals surface area (Å²) < 4.78 is 66.3. The third-order valence-electron chi connectivity index (χ3n) is 6.04. The number of rotatable bonds is 11. The Morgan fingerprint density at radius 1 is 1.08 bits per heavy atom. The molecule has 0 unspecified atom stereocenters. The standard InChI is InChI=1S/C26H33ClF3N3O4S/c1-6-18(4)31-25(35)23(7-2)32(15-19-10-8-9-17(3)13-19)24(34)16-33(38(5,36)37)20-11-12-22(27)21(14-20)26(28,29)30/h8-14,18,23H,6-7,15-16H2,1-5H3,(H,31,35)/t18-,23+/m1/s1. The second-order valence-electron chi connectivity index (χ2n) is 9.18. The monoisotopic (exact) mass is 575 g/mol. The van der Waals surface area contributed by atoms with E-state index in [0.717, 1.165) is 24.0 Å². The van der Waals surface area contributed by atoms with Crippen LogP contribution in [0.5, 0.6) is 0 Å². The molecule has 0 aromatic heterocycles. The molecule has 2 amide bonds. The molecule has 0 aliphatic rings. The Kier molecular flexibility index (Phi) is 10.6. The fraction of sp³-hybridized carbons (Fsp3) is 0.462. The highest BCUT2D eigenvalue weighted by Crippen LogP contribution is 2.37. The van der Waals surface area contributed by atoms with Crippen LogP contribution in [0, 0.1) is 6.92 Å². The fourth-order valence-electron chi connectivity index (χ4n) is 3.87. The van der Waals surface area contributed by atoms with Crippen molar-refractivity contribution in [2.24, 2.45) is 0 Å². The Bertz CT molecular complexity index is 1250. The molecular weight excluding hydrogens is 543 g/mol. The van der Waals surface area contributed by atoms with Crippen molar-refractivity contribution < 1.29 is 31.2 Å². The first-order valence-electron chi connectivity index (χ1n) is 12.1. The number of hydrogen-bond acceptors (Lipinski definition) is 4. The zero-order valence-electron chi connectivity index (χ0n) is 22.0. The van der Waals surface area contributed by atoms with Gasteiger partial charge >= 0.3 is 6.18 Å². The normalized spacial score (nSPS) is 13.5. The van der Waals surface area contributed by atoms with Crippen molar-refractivity contribution in [1.82, 2.24) is 10.2 Å². The number of nitrogens with one attached hydrogen (secondary N) is 1. The summed E-state index contributed by atoms with van der Waals surface area (Å²) in [5.74, 6) is -1.15. The predicted molar refractivity (Wildman–Crippen MR) is 142 cm³/mol. The largest absolute Gasteiger partial charge is 0.417 e. The molecule has 0 bridgehead atoms. The van der Waals surface area contributed by atoms with Gasteiger partial charge < -0.3 is 10.2 Å². The van der Waals surface area contributed by atoms with E-state index >= 15 is 0 Å². The van der Waals surface area contributed by atoms with E-state index in [2.05, 4.69) is 5.32 Å². The summed E-state index contributed by atoms with van der Waals surface area (Å²) in [4.78, 5) is 28.0. The molecule has 7 nitrogen and oxygen atoms in total. The molecule has 0 aliphatic heterocycles. The molecule has 0 spiro atoms. The second-order valence-corrected chi connectivity index (χ2v) is 11.5. The Balaban J connectivity index is 2.53. The molecule has 0 heterocycles. The average Bonchev–Trinajstić information content (AvgIpc) is 2.81.